The van der Waals surface area contributed by atoms with Crippen molar-refractivity contribution >= 4 is 34.4 Å². The van der Waals surface area contributed by atoms with Crippen LogP contribution in [0.25, 0.3) is 11.0 Å². The Bertz CT molecular complexity index is 1030. The first kappa shape index (κ1) is 22.7. The Hall–Kier alpha value is -1.52. The second kappa shape index (κ2) is 9.54. The molecule has 3 aromatic rings. The Morgan fingerprint density at radius 3 is 2.58 bits per heavy atom. The van der Waals surface area contributed by atoms with Gasteiger partial charge in [0, 0.05) is 27.9 Å². The number of halogens is 1. The van der Waals surface area contributed by atoms with Crippen LogP contribution in [-0.4, -0.2) is 14.5 Å². The molecule has 1 aromatic carbocycles. The lowest BCUT2D eigenvalue weighted by atomic mass is 9.93. The molecule has 3 nitrogen and oxygen atoms in total. The van der Waals surface area contributed by atoms with Crippen LogP contribution in [0, 0.1) is 11.8 Å². The first-order valence-electron chi connectivity index (χ1n) is 11.6. The van der Waals surface area contributed by atoms with Crippen molar-refractivity contribution in [2.75, 3.05) is 0 Å². The maximum absolute atomic E-state index is 6.06. The molecule has 1 fully saturated rings. The van der Waals surface area contributed by atoms with Crippen LogP contribution in [0.4, 0.5) is 0 Å². The van der Waals surface area contributed by atoms with Gasteiger partial charge < -0.3 is 4.57 Å². The van der Waals surface area contributed by atoms with Crippen molar-refractivity contribution in [2.45, 2.75) is 88.0 Å². The van der Waals surface area contributed by atoms with E-state index in [1.165, 1.54) is 54.8 Å². The maximum Gasteiger partial charge on any atom is 0.130 e. The van der Waals surface area contributed by atoms with E-state index in [2.05, 4.69) is 55.4 Å². The lowest BCUT2D eigenvalue weighted by molar-refractivity contribution is 0.356. The lowest BCUT2D eigenvalue weighted by Crippen LogP contribution is -2.22. The van der Waals surface area contributed by atoms with Gasteiger partial charge in [0.25, 0.3) is 0 Å². The van der Waals surface area contributed by atoms with Crippen molar-refractivity contribution in [3.63, 3.8) is 0 Å². The van der Waals surface area contributed by atoms with Gasteiger partial charge in [-0.3, -0.25) is 0 Å². The number of fused-ring (bicyclic) bond motifs is 1. The maximum atomic E-state index is 6.06. The molecule has 5 heteroatoms. The van der Waals surface area contributed by atoms with E-state index in [0.717, 1.165) is 28.8 Å². The van der Waals surface area contributed by atoms with E-state index in [9.17, 15) is 0 Å². The molecular weight excluding hydrogens is 422 g/mol. The summed E-state index contributed by atoms with van der Waals surface area (Å²) in [4.78, 5) is 11.5. The molecule has 1 atom stereocenters. The van der Waals surface area contributed by atoms with E-state index in [1.54, 1.807) is 18.0 Å². The molecule has 2 aromatic heterocycles. The highest BCUT2D eigenvalue weighted by Gasteiger charge is 2.26. The second-order valence-electron chi connectivity index (χ2n) is 10.0. The summed E-state index contributed by atoms with van der Waals surface area (Å²) in [6.07, 6.45) is 9.95. The van der Waals surface area contributed by atoms with Gasteiger partial charge in [-0.2, -0.15) is 0 Å². The predicted molar refractivity (Wildman–Crippen MR) is 132 cm³/mol. The number of benzene rings is 1. The zero-order valence-corrected chi connectivity index (χ0v) is 20.8. The van der Waals surface area contributed by atoms with Crippen molar-refractivity contribution < 1.29 is 0 Å². The molecule has 0 amide bonds. The minimum Gasteiger partial charge on any atom is -0.327 e. The topological polar surface area (TPSA) is 30.7 Å². The number of hydrogen-bond donors (Lipinski definition) is 0. The van der Waals surface area contributed by atoms with E-state index in [1.807, 2.05) is 12.1 Å². The number of hydrogen-bond acceptors (Lipinski definition) is 3. The van der Waals surface area contributed by atoms with Gasteiger partial charge in [0.15, 0.2) is 0 Å². The Kier molecular flexibility index (Phi) is 6.98. The standard InChI is InChI=1S/C26H34ClN3S/c1-5-6-19(10-9-18-7-8-18)17-30-23-12-11-20(31-21-13-14-28-24(27)16-21)15-22(23)29-25(30)26(2,3)4/h11-16,18-19H,5-10,17H2,1-4H3. The Morgan fingerprint density at radius 1 is 1.13 bits per heavy atom. The van der Waals surface area contributed by atoms with Gasteiger partial charge in [0.05, 0.1) is 11.0 Å². The number of aromatic nitrogens is 3. The van der Waals surface area contributed by atoms with Crippen LogP contribution >= 0.6 is 23.4 Å². The first-order valence-corrected chi connectivity index (χ1v) is 12.8. The van der Waals surface area contributed by atoms with Crippen LogP contribution in [0.1, 0.15) is 72.0 Å². The normalized spacial score (nSPS) is 15.5. The Labute approximate surface area is 196 Å². The summed E-state index contributed by atoms with van der Waals surface area (Å²) >= 11 is 7.77. The van der Waals surface area contributed by atoms with Gasteiger partial charge in [0.2, 0.25) is 0 Å². The zero-order valence-electron chi connectivity index (χ0n) is 19.2. The largest absolute Gasteiger partial charge is 0.327 e. The van der Waals surface area contributed by atoms with Crippen LogP contribution in [0.2, 0.25) is 5.15 Å². The average Bonchev–Trinajstić information content (AvgIpc) is 3.46. The zero-order chi connectivity index (χ0) is 22.0. The minimum atomic E-state index is 0.0121. The first-order chi connectivity index (χ1) is 14.8. The van der Waals surface area contributed by atoms with Gasteiger partial charge in [-0.1, -0.05) is 76.7 Å². The van der Waals surface area contributed by atoms with E-state index in [-0.39, 0.29) is 5.41 Å². The molecule has 1 saturated carbocycles. The third-order valence-electron chi connectivity index (χ3n) is 6.14. The molecule has 1 aliphatic rings. The van der Waals surface area contributed by atoms with Crippen LogP contribution in [0.3, 0.4) is 0 Å². The van der Waals surface area contributed by atoms with E-state index in [4.69, 9.17) is 16.6 Å². The van der Waals surface area contributed by atoms with Crippen molar-refractivity contribution in [2.24, 2.45) is 11.8 Å². The van der Waals surface area contributed by atoms with E-state index in [0.29, 0.717) is 5.15 Å². The number of rotatable bonds is 9. The van der Waals surface area contributed by atoms with Crippen LogP contribution in [-0.2, 0) is 12.0 Å². The number of imidazole rings is 1. The second-order valence-corrected chi connectivity index (χ2v) is 11.6. The van der Waals surface area contributed by atoms with Crippen molar-refractivity contribution in [1.82, 2.24) is 14.5 Å². The van der Waals surface area contributed by atoms with E-state index < -0.39 is 0 Å². The molecule has 166 valence electrons. The quantitative estimate of drug-likeness (QED) is 0.305. The summed E-state index contributed by atoms with van der Waals surface area (Å²) in [6.45, 7) is 10.2. The molecule has 1 unspecified atom stereocenters. The fourth-order valence-corrected chi connectivity index (χ4v) is 5.50. The molecule has 1 aliphatic carbocycles. The van der Waals surface area contributed by atoms with Crippen LogP contribution < -0.4 is 0 Å². The van der Waals surface area contributed by atoms with Gasteiger partial charge in [-0.25, -0.2) is 9.97 Å². The Morgan fingerprint density at radius 2 is 1.90 bits per heavy atom. The number of nitrogens with zero attached hydrogens (tertiary/aromatic N) is 3. The molecule has 0 radical (unpaired) electrons. The van der Waals surface area contributed by atoms with Gasteiger partial charge in [-0.15, -0.1) is 0 Å². The summed E-state index contributed by atoms with van der Waals surface area (Å²) in [7, 11) is 0. The molecule has 0 aliphatic heterocycles. The molecule has 0 N–H and O–H groups in total. The summed E-state index contributed by atoms with van der Waals surface area (Å²) in [5.74, 6) is 2.93. The summed E-state index contributed by atoms with van der Waals surface area (Å²) in [6, 6.07) is 10.6. The van der Waals surface area contributed by atoms with Crippen molar-refractivity contribution in [3.8, 4) is 0 Å². The fraction of sp³-hybridized carbons (Fsp3) is 0.538. The Balaban J connectivity index is 1.64. The highest BCUT2D eigenvalue weighted by Crippen LogP contribution is 2.37. The predicted octanol–water partition coefficient (Wildman–Crippen LogP) is 8.14. The third-order valence-corrected chi connectivity index (χ3v) is 7.33. The van der Waals surface area contributed by atoms with Crippen LogP contribution in [0.5, 0.6) is 0 Å². The van der Waals surface area contributed by atoms with Gasteiger partial charge in [0.1, 0.15) is 11.0 Å². The molecule has 0 spiro atoms. The summed E-state index contributed by atoms with van der Waals surface area (Å²) < 4.78 is 2.51. The van der Waals surface area contributed by atoms with Gasteiger partial charge >= 0.3 is 0 Å². The molecule has 4 rings (SSSR count). The SMILES string of the molecule is CCCC(CCC1CC1)Cn1c(C(C)(C)C)nc2cc(Sc3ccnc(Cl)c3)ccc21. The smallest absolute Gasteiger partial charge is 0.130 e. The van der Waals surface area contributed by atoms with Gasteiger partial charge in [-0.05, 0) is 55.0 Å². The molecule has 31 heavy (non-hydrogen) atoms. The van der Waals surface area contributed by atoms with Crippen molar-refractivity contribution in [3.05, 3.63) is 47.5 Å². The highest BCUT2D eigenvalue weighted by atomic mass is 35.5. The summed E-state index contributed by atoms with van der Waals surface area (Å²) in [5, 5.41) is 0.526. The highest BCUT2D eigenvalue weighted by molar-refractivity contribution is 7.99. The lowest BCUT2D eigenvalue weighted by Gasteiger charge is -2.24. The van der Waals surface area contributed by atoms with E-state index >= 15 is 0 Å². The van der Waals surface area contributed by atoms with Crippen LogP contribution in [0.15, 0.2) is 46.3 Å². The molecule has 0 saturated heterocycles. The third kappa shape index (κ3) is 5.84. The molecular formula is C26H34ClN3S. The molecule has 2 heterocycles. The van der Waals surface area contributed by atoms with Crippen molar-refractivity contribution in [1.29, 1.82) is 0 Å². The number of pyridine rings is 1. The molecule has 0 bridgehead atoms. The average molecular weight is 456 g/mol. The minimum absolute atomic E-state index is 0.0121. The fourth-order valence-electron chi connectivity index (χ4n) is 4.39. The monoisotopic (exact) mass is 455 g/mol. The summed E-state index contributed by atoms with van der Waals surface area (Å²) in [5.41, 5.74) is 2.36.